The first-order valence-electron chi connectivity index (χ1n) is 10.1. The number of imidazole rings is 1. The van der Waals surface area contributed by atoms with Gasteiger partial charge in [-0.15, -0.1) is 0 Å². The Morgan fingerprint density at radius 1 is 0.939 bits per heavy atom. The summed E-state index contributed by atoms with van der Waals surface area (Å²) in [7, 11) is 1.81. The minimum absolute atomic E-state index is 0.179. The number of nitrogens with zero attached hydrogens (tertiary/aromatic N) is 4. The summed E-state index contributed by atoms with van der Waals surface area (Å²) in [5, 5.41) is 13.7. The van der Waals surface area contributed by atoms with Gasteiger partial charge in [-0.25, -0.2) is 9.97 Å². The molecule has 3 aromatic heterocycles. The minimum atomic E-state index is -1.55. The van der Waals surface area contributed by atoms with Crippen LogP contribution in [0.3, 0.4) is 0 Å². The van der Waals surface area contributed by atoms with Gasteiger partial charge < -0.3 is 9.67 Å². The average Bonchev–Trinajstić information content (AvgIpc) is 3.25. The smallest absolute Gasteiger partial charge is 0.255 e. The molecule has 0 aliphatic rings. The zero-order chi connectivity index (χ0) is 23.2. The Kier molecular flexibility index (Phi) is 5.29. The number of halogens is 2. The van der Waals surface area contributed by atoms with E-state index in [2.05, 4.69) is 9.97 Å². The molecule has 0 spiro atoms. The third-order valence-electron chi connectivity index (χ3n) is 5.71. The Bertz CT molecular complexity index is 1540. The second kappa shape index (κ2) is 8.15. The number of aliphatic hydroxyl groups is 1. The topological polar surface area (TPSA) is 72.9 Å². The van der Waals surface area contributed by atoms with Crippen LogP contribution >= 0.6 is 23.2 Å². The zero-order valence-electron chi connectivity index (χ0n) is 17.5. The zero-order valence-corrected chi connectivity index (χ0v) is 19.0. The van der Waals surface area contributed by atoms with Crippen LogP contribution in [0, 0.1) is 0 Å². The highest BCUT2D eigenvalue weighted by Crippen LogP contribution is 2.37. The van der Waals surface area contributed by atoms with Gasteiger partial charge in [0.25, 0.3) is 5.56 Å². The molecule has 0 radical (unpaired) electrons. The number of hydrogen-bond acceptors (Lipinski definition) is 4. The Hall–Kier alpha value is -3.45. The van der Waals surface area contributed by atoms with Crippen molar-refractivity contribution in [2.24, 2.45) is 7.05 Å². The monoisotopic (exact) mass is 476 g/mol. The van der Waals surface area contributed by atoms with Gasteiger partial charge in [-0.2, -0.15) is 0 Å². The van der Waals surface area contributed by atoms with Gasteiger partial charge in [-0.3, -0.25) is 9.36 Å². The molecule has 0 aliphatic heterocycles. The van der Waals surface area contributed by atoms with Crippen molar-refractivity contribution in [1.82, 2.24) is 19.1 Å². The third kappa shape index (κ3) is 3.62. The minimum Gasteiger partial charge on any atom is -0.374 e. The first-order valence-corrected chi connectivity index (χ1v) is 10.9. The summed E-state index contributed by atoms with van der Waals surface area (Å²) in [6.45, 7) is 0. The number of pyridine rings is 2. The molecule has 5 aromatic rings. The lowest BCUT2D eigenvalue weighted by molar-refractivity contribution is 0.117. The van der Waals surface area contributed by atoms with Gasteiger partial charge in [0.15, 0.2) is 5.60 Å². The highest BCUT2D eigenvalue weighted by molar-refractivity contribution is 6.30. The molecule has 8 heteroatoms. The SMILES string of the molecule is Cn1cncc1C(O)(c1ccc(Cl)nc1)c1ccc2c(ccc(=O)n2-c2cccc(Cl)c2)c1. The first kappa shape index (κ1) is 21.4. The van der Waals surface area contributed by atoms with Crippen molar-refractivity contribution in [2.75, 3.05) is 0 Å². The van der Waals surface area contributed by atoms with Crippen LogP contribution < -0.4 is 5.56 Å². The van der Waals surface area contributed by atoms with Gasteiger partial charge in [0.2, 0.25) is 0 Å². The van der Waals surface area contributed by atoms with Crippen LogP contribution in [0.15, 0.2) is 90.2 Å². The van der Waals surface area contributed by atoms with E-state index in [1.807, 2.05) is 25.2 Å². The van der Waals surface area contributed by atoms with Gasteiger partial charge >= 0.3 is 0 Å². The van der Waals surface area contributed by atoms with Crippen molar-refractivity contribution in [1.29, 1.82) is 0 Å². The molecule has 0 fully saturated rings. The fourth-order valence-electron chi connectivity index (χ4n) is 4.11. The highest BCUT2D eigenvalue weighted by atomic mass is 35.5. The van der Waals surface area contributed by atoms with E-state index >= 15 is 0 Å². The van der Waals surface area contributed by atoms with E-state index in [1.54, 1.807) is 70.3 Å². The summed E-state index contributed by atoms with van der Waals surface area (Å²) >= 11 is 12.2. The second-order valence-corrected chi connectivity index (χ2v) is 8.55. The van der Waals surface area contributed by atoms with Gasteiger partial charge in [0, 0.05) is 29.9 Å². The Balaban J connectivity index is 1.76. The standard InChI is InChI=1S/C25H18Cl2N4O2/c1-30-15-28-14-22(30)25(33,18-7-9-23(27)29-13-18)17-6-8-21-16(11-17)5-10-24(32)31(21)20-4-2-3-19(26)12-20/h2-15,33H,1H3. The molecule has 5 rings (SSSR count). The largest absolute Gasteiger partial charge is 0.374 e. The van der Waals surface area contributed by atoms with E-state index in [-0.39, 0.29) is 5.56 Å². The van der Waals surface area contributed by atoms with Gasteiger partial charge in [-0.05, 0) is 53.4 Å². The number of aryl methyl sites for hydroxylation is 1. The van der Waals surface area contributed by atoms with Crippen molar-refractivity contribution in [2.45, 2.75) is 5.60 Å². The van der Waals surface area contributed by atoms with Crippen LogP contribution in [-0.2, 0) is 12.6 Å². The number of hydrogen-bond donors (Lipinski definition) is 1. The summed E-state index contributed by atoms with van der Waals surface area (Å²) in [4.78, 5) is 21.1. The molecule has 33 heavy (non-hydrogen) atoms. The molecule has 1 unspecified atom stereocenters. The molecule has 1 N–H and O–H groups in total. The lowest BCUT2D eigenvalue weighted by atomic mass is 9.84. The van der Waals surface area contributed by atoms with Crippen LogP contribution in [0.5, 0.6) is 0 Å². The van der Waals surface area contributed by atoms with Crippen LogP contribution in [0.4, 0.5) is 0 Å². The van der Waals surface area contributed by atoms with E-state index in [0.29, 0.717) is 38.2 Å². The molecule has 0 saturated heterocycles. The predicted molar refractivity (Wildman–Crippen MR) is 129 cm³/mol. The summed E-state index contributed by atoms with van der Waals surface area (Å²) in [6.07, 6.45) is 4.79. The number of rotatable bonds is 4. The van der Waals surface area contributed by atoms with Gasteiger partial charge in [0.1, 0.15) is 5.15 Å². The maximum atomic E-state index is 12.7. The molecular formula is C25H18Cl2N4O2. The molecule has 164 valence electrons. The molecule has 0 amide bonds. The van der Waals surface area contributed by atoms with Crippen LogP contribution in [0.25, 0.3) is 16.6 Å². The van der Waals surface area contributed by atoms with E-state index in [1.165, 1.54) is 6.07 Å². The van der Waals surface area contributed by atoms with Crippen LogP contribution in [0.2, 0.25) is 10.2 Å². The van der Waals surface area contributed by atoms with Crippen molar-refractivity contribution < 1.29 is 5.11 Å². The summed E-state index contributed by atoms with van der Waals surface area (Å²) in [6, 6.07) is 19.2. The van der Waals surface area contributed by atoms with Crippen LogP contribution in [0.1, 0.15) is 16.8 Å². The van der Waals surface area contributed by atoms with E-state index in [0.717, 1.165) is 5.39 Å². The quantitative estimate of drug-likeness (QED) is 0.381. The van der Waals surface area contributed by atoms with Gasteiger partial charge in [0.05, 0.1) is 29.4 Å². The van der Waals surface area contributed by atoms with E-state index in [4.69, 9.17) is 23.2 Å². The maximum Gasteiger partial charge on any atom is 0.255 e. The molecule has 6 nitrogen and oxygen atoms in total. The molecule has 1 atom stereocenters. The molecule has 0 aliphatic carbocycles. The van der Waals surface area contributed by atoms with Crippen molar-refractivity contribution in [3.8, 4) is 5.69 Å². The van der Waals surface area contributed by atoms with Crippen molar-refractivity contribution in [3.05, 3.63) is 123 Å². The molecule has 2 aromatic carbocycles. The predicted octanol–water partition coefficient (Wildman–Crippen LogP) is 4.71. The molecular weight excluding hydrogens is 459 g/mol. The number of aromatic nitrogens is 4. The number of benzene rings is 2. The maximum absolute atomic E-state index is 12.7. The summed E-state index contributed by atoms with van der Waals surface area (Å²) in [5.74, 6) is 0. The van der Waals surface area contributed by atoms with Crippen LogP contribution in [-0.4, -0.2) is 24.2 Å². The van der Waals surface area contributed by atoms with E-state index < -0.39 is 5.60 Å². The van der Waals surface area contributed by atoms with Gasteiger partial charge in [-0.1, -0.05) is 41.4 Å². The summed E-state index contributed by atoms with van der Waals surface area (Å²) in [5.41, 5.74) is 1.32. The lowest BCUT2D eigenvalue weighted by Gasteiger charge is -2.30. The van der Waals surface area contributed by atoms with Crippen molar-refractivity contribution in [3.63, 3.8) is 0 Å². The second-order valence-electron chi connectivity index (χ2n) is 7.73. The van der Waals surface area contributed by atoms with E-state index in [9.17, 15) is 9.90 Å². The average molecular weight is 477 g/mol. The lowest BCUT2D eigenvalue weighted by Crippen LogP contribution is -2.31. The first-order chi connectivity index (χ1) is 15.9. The normalized spacial score (nSPS) is 13.2. The Labute approximate surface area is 199 Å². The Morgan fingerprint density at radius 2 is 1.76 bits per heavy atom. The fraction of sp³-hybridized carbons (Fsp3) is 0.0800. The third-order valence-corrected chi connectivity index (χ3v) is 6.17. The fourth-order valence-corrected chi connectivity index (χ4v) is 4.41. The molecule has 0 bridgehead atoms. The van der Waals surface area contributed by atoms with Crippen molar-refractivity contribution >= 4 is 34.1 Å². The Morgan fingerprint density at radius 3 is 2.45 bits per heavy atom. The number of fused-ring (bicyclic) bond motifs is 1. The molecule has 0 saturated carbocycles. The molecule has 3 heterocycles. The highest BCUT2D eigenvalue weighted by Gasteiger charge is 2.37. The summed E-state index contributed by atoms with van der Waals surface area (Å²) < 4.78 is 3.35.